The first-order valence-corrected chi connectivity index (χ1v) is 7.90. The number of aryl methyl sites for hydroxylation is 1. The number of rotatable bonds is 6. The summed E-state index contributed by atoms with van der Waals surface area (Å²) in [6.07, 6.45) is 4.74. The standard InChI is InChI=1S/C17H27FN2/c1-3-10-20-11-7-17(8-12-20)19-9-6-15-4-5-16(18)13-14(15)2/h4-5,13,17,19H,3,6-12H2,1-2H3. The van der Waals surface area contributed by atoms with Gasteiger partial charge in [0.25, 0.3) is 0 Å². The van der Waals surface area contributed by atoms with Crippen molar-refractivity contribution in [1.82, 2.24) is 10.2 Å². The summed E-state index contributed by atoms with van der Waals surface area (Å²) in [6.45, 7) is 8.91. The third-order valence-electron chi connectivity index (χ3n) is 4.26. The smallest absolute Gasteiger partial charge is 0.123 e. The minimum atomic E-state index is -0.137. The summed E-state index contributed by atoms with van der Waals surface area (Å²) >= 11 is 0. The van der Waals surface area contributed by atoms with Crippen molar-refractivity contribution in [3.05, 3.63) is 35.1 Å². The maximum atomic E-state index is 13.0. The van der Waals surface area contributed by atoms with Crippen LogP contribution in [-0.2, 0) is 6.42 Å². The summed E-state index contributed by atoms with van der Waals surface area (Å²) < 4.78 is 13.0. The maximum Gasteiger partial charge on any atom is 0.123 e. The van der Waals surface area contributed by atoms with Crippen molar-refractivity contribution in [1.29, 1.82) is 0 Å². The highest BCUT2D eigenvalue weighted by Gasteiger charge is 2.17. The highest BCUT2D eigenvalue weighted by molar-refractivity contribution is 5.26. The van der Waals surface area contributed by atoms with E-state index in [9.17, 15) is 4.39 Å². The van der Waals surface area contributed by atoms with Crippen LogP contribution in [0.25, 0.3) is 0 Å². The SMILES string of the molecule is CCCN1CCC(NCCc2ccc(F)cc2C)CC1. The molecule has 2 nitrogen and oxygen atoms in total. The van der Waals surface area contributed by atoms with Gasteiger partial charge in [0, 0.05) is 6.04 Å². The molecule has 0 bridgehead atoms. The predicted octanol–water partition coefficient (Wildman–Crippen LogP) is 3.14. The number of hydrogen-bond donors (Lipinski definition) is 1. The lowest BCUT2D eigenvalue weighted by Gasteiger charge is -2.32. The molecule has 0 amide bonds. The molecule has 0 aromatic heterocycles. The lowest BCUT2D eigenvalue weighted by atomic mass is 10.0. The van der Waals surface area contributed by atoms with Crippen LogP contribution in [0.3, 0.4) is 0 Å². The molecule has 112 valence electrons. The first kappa shape index (κ1) is 15.5. The lowest BCUT2D eigenvalue weighted by molar-refractivity contribution is 0.198. The van der Waals surface area contributed by atoms with Gasteiger partial charge in [0.1, 0.15) is 5.82 Å². The van der Waals surface area contributed by atoms with Crippen molar-refractivity contribution >= 4 is 0 Å². The van der Waals surface area contributed by atoms with E-state index >= 15 is 0 Å². The summed E-state index contributed by atoms with van der Waals surface area (Å²) in [5.41, 5.74) is 2.31. The van der Waals surface area contributed by atoms with E-state index in [1.165, 1.54) is 44.5 Å². The van der Waals surface area contributed by atoms with E-state index in [0.717, 1.165) is 18.5 Å². The summed E-state index contributed by atoms with van der Waals surface area (Å²) in [7, 11) is 0. The molecule has 1 aliphatic heterocycles. The van der Waals surface area contributed by atoms with E-state index in [2.05, 4.69) is 17.1 Å². The first-order chi connectivity index (χ1) is 9.69. The molecule has 1 aromatic rings. The number of piperidine rings is 1. The van der Waals surface area contributed by atoms with Crippen LogP contribution in [0.1, 0.15) is 37.3 Å². The van der Waals surface area contributed by atoms with E-state index in [-0.39, 0.29) is 5.82 Å². The highest BCUT2D eigenvalue weighted by atomic mass is 19.1. The summed E-state index contributed by atoms with van der Waals surface area (Å²) in [5.74, 6) is -0.137. The zero-order valence-corrected chi connectivity index (χ0v) is 12.8. The number of likely N-dealkylation sites (tertiary alicyclic amines) is 1. The van der Waals surface area contributed by atoms with Crippen LogP contribution < -0.4 is 5.32 Å². The molecular formula is C17H27FN2. The number of nitrogens with one attached hydrogen (secondary N) is 1. The molecule has 3 heteroatoms. The minimum Gasteiger partial charge on any atom is -0.314 e. The van der Waals surface area contributed by atoms with E-state index in [1.807, 2.05) is 13.0 Å². The minimum absolute atomic E-state index is 0.137. The number of halogens is 1. The molecule has 0 radical (unpaired) electrons. The fourth-order valence-electron chi connectivity index (χ4n) is 3.03. The second-order valence-corrected chi connectivity index (χ2v) is 5.89. The molecular weight excluding hydrogens is 251 g/mol. The Morgan fingerprint density at radius 2 is 2.05 bits per heavy atom. The predicted molar refractivity (Wildman–Crippen MR) is 82.6 cm³/mol. The third-order valence-corrected chi connectivity index (χ3v) is 4.26. The van der Waals surface area contributed by atoms with Gasteiger partial charge in [-0.05, 0) is 82.0 Å². The fourth-order valence-corrected chi connectivity index (χ4v) is 3.03. The normalized spacial score (nSPS) is 17.6. The molecule has 0 saturated carbocycles. The largest absolute Gasteiger partial charge is 0.314 e. The highest BCUT2D eigenvalue weighted by Crippen LogP contribution is 2.12. The summed E-state index contributed by atoms with van der Waals surface area (Å²) in [4.78, 5) is 2.56. The van der Waals surface area contributed by atoms with E-state index in [1.54, 1.807) is 12.1 Å². The van der Waals surface area contributed by atoms with Gasteiger partial charge < -0.3 is 10.2 Å². The van der Waals surface area contributed by atoms with Crippen molar-refractivity contribution in [3.63, 3.8) is 0 Å². The van der Waals surface area contributed by atoms with Crippen molar-refractivity contribution < 1.29 is 4.39 Å². The lowest BCUT2D eigenvalue weighted by Crippen LogP contribution is -2.43. The fraction of sp³-hybridized carbons (Fsp3) is 0.647. The molecule has 1 fully saturated rings. The molecule has 2 rings (SSSR count). The van der Waals surface area contributed by atoms with E-state index in [0.29, 0.717) is 6.04 Å². The van der Waals surface area contributed by atoms with Crippen LogP contribution in [0.5, 0.6) is 0 Å². The van der Waals surface area contributed by atoms with Gasteiger partial charge in [-0.1, -0.05) is 13.0 Å². The monoisotopic (exact) mass is 278 g/mol. The molecule has 0 aliphatic carbocycles. The Kier molecular flexibility index (Phi) is 5.99. The molecule has 1 heterocycles. The molecule has 0 atom stereocenters. The van der Waals surface area contributed by atoms with Crippen LogP contribution in [0.2, 0.25) is 0 Å². The Morgan fingerprint density at radius 3 is 2.70 bits per heavy atom. The van der Waals surface area contributed by atoms with Gasteiger partial charge in [0.15, 0.2) is 0 Å². The van der Waals surface area contributed by atoms with Gasteiger partial charge in [-0.3, -0.25) is 0 Å². The number of benzene rings is 1. The molecule has 1 saturated heterocycles. The van der Waals surface area contributed by atoms with Gasteiger partial charge in [-0.25, -0.2) is 4.39 Å². The summed E-state index contributed by atoms with van der Waals surface area (Å²) in [5, 5.41) is 3.65. The topological polar surface area (TPSA) is 15.3 Å². The van der Waals surface area contributed by atoms with Crippen molar-refractivity contribution in [2.45, 2.75) is 45.6 Å². The zero-order valence-electron chi connectivity index (χ0n) is 12.8. The Balaban J connectivity index is 1.69. The molecule has 1 aromatic carbocycles. The molecule has 0 unspecified atom stereocenters. The van der Waals surface area contributed by atoms with Crippen molar-refractivity contribution in [3.8, 4) is 0 Å². The number of hydrogen-bond acceptors (Lipinski definition) is 2. The quantitative estimate of drug-likeness (QED) is 0.860. The van der Waals surface area contributed by atoms with Crippen molar-refractivity contribution in [2.75, 3.05) is 26.2 Å². The molecule has 1 aliphatic rings. The first-order valence-electron chi connectivity index (χ1n) is 7.90. The van der Waals surface area contributed by atoms with Gasteiger partial charge in [-0.15, -0.1) is 0 Å². The summed E-state index contributed by atoms with van der Waals surface area (Å²) in [6, 6.07) is 5.75. The molecule has 1 N–H and O–H groups in total. The molecule has 0 spiro atoms. The maximum absolute atomic E-state index is 13.0. The Morgan fingerprint density at radius 1 is 1.30 bits per heavy atom. The molecule has 20 heavy (non-hydrogen) atoms. The van der Waals surface area contributed by atoms with Crippen LogP contribution in [0.4, 0.5) is 4.39 Å². The van der Waals surface area contributed by atoms with Gasteiger partial charge >= 0.3 is 0 Å². The van der Waals surface area contributed by atoms with E-state index < -0.39 is 0 Å². The van der Waals surface area contributed by atoms with Crippen LogP contribution in [0.15, 0.2) is 18.2 Å². The van der Waals surface area contributed by atoms with Gasteiger partial charge in [-0.2, -0.15) is 0 Å². The third kappa shape index (κ3) is 4.57. The second kappa shape index (κ2) is 7.75. The Labute approximate surface area is 122 Å². The van der Waals surface area contributed by atoms with Crippen molar-refractivity contribution in [2.24, 2.45) is 0 Å². The van der Waals surface area contributed by atoms with Gasteiger partial charge in [0.05, 0.1) is 0 Å². The van der Waals surface area contributed by atoms with Gasteiger partial charge in [0.2, 0.25) is 0 Å². The Hall–Kier alpha value is -0.930. The second-order valence-electron chi connectivity index (χ2n) is 5.89. The average Bonchev–Trinajstić information content (AvgIpc) is 2.43. The Bertz CT molecular complexity index is 411. The van der Waals surface area contributed by atoms with Crippen LogP contribution in [0, 0.1) is 12.7 Å². The average molecular weight is 278 g/mol. The van der Waals surface area contributed by atoms with Crippen LogP contribution >= 0.6 is 0 Å². The number of nitrogens with zero attached hydrogens (tertiary/aromatic N) is 1. The zero-order chi connectivity index (χ0) is 14.4. The van der Waals surface area contributed by atoms with E-state index in [4.69, 9.17) is 0 Å². The van der Waals surface area contributed by atoms with Crippen LogP contribution in [-0.4, -0.2) is 37.1 Å².